The number of rotatable bonds is 2. The fourth-order valence-electron chi connectivity index (χ4n) is 2.52. The Morgan fingerprint density at radius 3 is 2.48 bits per heavy atom. The third-order valence-electron chi connectivity index (χ3n) is 3.62. The normalized spacial score (nSPS) is 11.7. The summed E-state index contributed by atoms with van der Waals surface area (Å²) in [5, 5.41) is 23.0. The second-order valence-electron chi connectivity index (χ2n) is 5.09. The van der Waals surface area contributed by atoms with Gasteiger partial charge in [-0.2, -0.15) is 0 Å². The van der Waals surface area contributed by atoms with E-state index in [0.29, 0.717) is 15.7 Å². The summed E-state index contributed by atoms with van der Waals surface area (Å²) in [6.45, 7) is 0. The van der Waals surface area contributed by atoms with Gasteiger partial charge in [0.2, 0.25) is 0 Å². The molecule has 0 spiro atoms. The number of thiophene rings is 1. The zero-order valence-electron chi connectivity index (χ0n) is 11.9. The van der Waals surface area contributed by atoms with Crippen molar-refractivity contribution >= 4 is 54.5 Å². The zero-order chi connectivity index (χ0) is 15.8. The maximum atomic E-state index is 10.5. The van der Waals surface area contributed by atoms with Crippen LogP contribution in [-0.4, -0.2) is 5.11 Å². The van der Waals surface area contributed by atoms with Crippen LogP contribution >= 0.6 is 22.9 Å². The molecule has 112 valence electrons. The van der Waals surface area contributed by atoms with E-state index in [2.05, 4.69) is 10.2 Å². The lowest BCUT2D eigenvalue weighted by molar-refractivity contribution is 0.485. The Hall–Kier alpha value is -2.43. The summed E-state index contributed by atoms with van der Waals surface area (Å²) < 4.78 is 0.992. The topological polar surface area (TPSA) is 45.0 Å². The molecule has 0 aliphatic rings. The Balaban J connectivity index is 1.83. The van der Waals surface area contributed by atoms with Crippen molar-refractivity contribution in [3.8, 4) is 5.75 Å². The van der Waals surface area contributed by atoms with Gasteiger partial charge in [0.1, 0.15) is 0 Å². The fraction of sp³-hybridized carbons (Fsp3) is 0. The van der Waals surface area contributed by atoms with Gasteiger partial charge in [0.05, 0.1) is 5.69 Å². The number of nitrogens with zero attached hydrogens (tertiary/aromatic N) is 2. The monoisotopic (exact) mass is 338 g/mol. The molecule has 1 heterocycles. The Morgan fingerprint density at radius 1 is 0.870 bits per heavy atom. The van der Waals surface area contributed by atoms with Gasteiger partial charge in [-0.3, -0.25) is 0 Å². The van der Waals surface area contributed by atoms with Crippen molar-refractivity contribution in [2.24, 2.45) is 10.2 Å². The van der Waals surface area contributed by atoms with Crippen molar-refractivity contribution < 1.29 is 5.11 Å². The summed E-state index contributed by atoms with van der Waals surface area (Å²) in [5.74, 6) is 0.180. The highest BCUT2D eigenvalue weighted by atomic mass is 35.5. The van der Waals surface area contributed by atoms with Crippen LogP contribution in [0.25, 0.3) is 20.9 Å². The maximum absolute atomic E-state index is 10.5. The van der Waals surface area contributed by atoms with Gasteiger partial charge in [0.25, 0.3) is 0 Å². The van der Waals surface area contributed by atoms with Gasteiger partial charge in [-0.1, -0.05) is 41.9 Å². The molecule has 0 amide bonds. The molecule has 0 unspecified atom stereocenters. The first-order chi connectivity index (χ1) is 11.2. The Kier molecular flexibility index (Phi) is 3.48. The van der Waals surface area contributed by atoms with Gasteiger partial charge in [-0.05, 0) is 41.1 Å². The summed E-state index contributed by atoms with van der Waals surface area (Å²) in [5.41, 5.74) is 0.691. The predicted octanol–water partition coefficient (Wildman–Crippen LogP) is 6.83. The first kappa shape index (κ1) is 14.2. The average molecular weight is 339 g/mol. The number of halogens is 1. The van der Waals surface area contributed by atoms with Crippen LogP contribution in [-0.2, 0) is 0 Å². The van der Waals surface area contributed by atoms with Crippen LogP contribution < -0.4 is 0 Å². The quantitative estimate of drug-likeness (QED) is 0.400. The molecule has 1 aromatic heterocycles. The van der Waals surface area contributed by atoms with Crippen molar-refractivity contribution in [2.45, 2.75) is 0 Å². The van der Waals surface area contributed by atoms with Crippen molar-refractivity contribution in [3.63, 3.8) is 0 Å². The number of aromatic hydroxyl groups is 1. The zero-order valence-corrected chi connectivity index (χ0v) is 13.5. The second-order valence-corrected chi connectivity index (χ2v) is 6.56. The van der Waals surface area contributed by atoms with E-state index < -0.39 is 0 Å². The Labute approximate surface area is 141 Å². The first-order valence-electron chi connectivity index (χ1n) is 7.03. The molecule has 0 saturated carbocycles. The first-order valence-corrected chi connectivity index (χ1v) is 8.22. The molecule has 23 heavy (non-hydrogen) atoms. The molecular formula is C18H11ClN2OS. The molecule has 0 saturated heterocycles. The van der Waals surface area contributed by atoms with E-state index in [9.17, 15) is 5.11 Å². The molecule has 4 rings (SSSR count). The third kappa shape index (κ3) is 2.56. The van der Waals surface area contributed by atoms with Crippen molar-refractivity contribution in [1.82, 2.24) is 0 Å². The minimum Gasteiger partial charge on any atom is -0.504 e. The number of azo groups is 1. The molecule has 3 aromatic carbocycles. The van der Waals surface area contributed by atoms with E-state index in [0.717, 1.165) is 20.9 Å². The third-order valence-corrected chi connectivity index (χ3v) is 4.90. The van der Waals surface area contributed by atoms with E-state index in [4.69, 9.17) is 11.6 Å². The van der Waals surface area contributed by atoms with E-state index in [1.807, 2.05) is 36.4 Å². The van der Waals surface area contributed by atoms with Gasteiger partial charge in [0.15, 0.2) is 10.8 Å². The minimum absolute atomic E-state index is 0.180. The SMILES string of the molecule is Oc1c(N=Nc2ccc(Cl)cc2)sc2ccc3ccccc3c12. The number of benzene rings is 3. The average Bonchev–Trinajstić information content (AvgIpc) is 2.91. The molecule has 3 nitrogen and oxygen atoms in total. The minimum atomic E-state index is 0.180. The standard InChI is InChI=1S/C18H11ClN2OS/c19-12-6-8-13(9-7-12)20-21-18-17(22)16-14-4-2-1-3-11(14)5-10-15(16)23-18/h1-10,22H. The lowest BCUT2D eigenvalue weighted by Gasteiger charge is -1.99. The van der Waals surface area contributed by atoms with Gasteiger partial charge in [0, 0.05) is 15.1 Å². The highest BCUT2D eigenvalue weighted by Crippen LogP contribution is 2.46. The molecular weight excluding hydrogens is 328 g/mol. The lowest BCUT2D eigenvalue weighted by Crippen LogP contribution is -1.72. The summed E-state index contributed by atoms with van der Waals surface area (Å²) >= 11 is 7.28. The summed E-state index contributed by atoms with van der Waals surface area (Å²) in [6.07, 6.45) is 0. The molecule has 0 fully saturated rings. The van der Waals surface area contributed by atoms with Gasteiger partial charge in [-0.25, -0.2) is 0 Å². The Bertz CT molecular complexity index is 1040. The van der Waals surface area contributed by atoms with Crippen LogP contribution in [0.2, 0.25) is 5.02 Å². The molecule has 0 radical (unpaired) electrons. The van der Waals surface area contributed by atoms with Gasteiger partial charge >= 0.3 is 0 Å². The maximum Gasteiger partial charge on any atom is 0.181 e. The van der Waals surface area contributed by atoms with Crippen LogP contribution in [0, 0.1) is 0 Å². The Morgan fingerprint density at radius 2 is 1.65 bits per heavy atom. The second kappa shape index (κ2) is 5.65. The van der Waals surface area contributed by atoms with E-state index in [1.54, 1.807) is 24.3 Å². The molecule has 0 atom stereocenters. The van der Waals surface area contributed by atoms with E-state index in [-0.39, 0.29) is 5.75 Å². The molecule has 5 heteroatoms. The molecule has 1 N–H and O–H groups in total. The smallest absolute Gasteiger partial charge is 0.181 e. The lowest BCUT2D eigenvalue weighted by atomic mass is 10.1. The highest BCUT2D eigenvalue weighted by Gasteiger charge is 2.13. The van der Waals surface area contributed by atoms with Crippen LogP contribution in [0.15, 0.2) is 70.9 Å². The largest absolute Gasteiger partial charge is 0.504 e. The van der Waals surface area contributed by atoms with Crippen LogP contribution in [0.4, 0.5) is 10.7 Å². The molecule has 0 aliphatic heterocycles. The number of hydrogen-bond acceptors (Lipinski definition) is 4. The fourth-order valence-corrected chi connectivity index (χ4v) is 3.58. The summed E-state index contributed by atoms with van der Waals surface area (Å²) in [6, 6.07) is 19.1. The van der Waals surface area contributed by atoms with Crippen LogP contribution in [0.5, 0.6) is 5.75 Å². The van der Waals surface area contributed by atoms with E-state index in [1.165, 1.54) is 11.3 Å². The van der Waals surface area contributed by atoms with Crippen molar-refractivity contribution in [3.05, 3.63) is 65.7 Å². The number of hydrogen-bond donors (Lipinski definition) is 1. The van der Waals surface area contributed by atoms with Gasteiger partial charge < -0.3 is 5.11 Å². The predicted molar refractivity (Wildman–Crippen MR) is 96.6 cm³/mol. The number of fused-ring (bicyclic) bond motifs is 3. The summed E-state index contributed by atoms with van der Waals surface area (Å²) in [7, 11) is 0. The molecule has 0 aliphatic carbocycles. The van der Waals surface area contributed by atoms with Gasteiger partial charge in [-0.15, -0.1) is 21.6 Å². The van der Waals surface area contributed by atoms with Crippen LogP contribution in [0.3, 0.4) is 0 Å². The van der Waals surface area contributed by atoms with Crippen molar-refractivity contribution in [2.75, 3.05) is 0 Å². The van der Waals surface area contributed by atoms with E-state index >= 15 is 0 Å². The highest BCUT2D eigenvalue weighted by molar-refractivity contribution is 7.23. The molecule has 4 aromatic rings. The van der Waals surface area contributed by atoms with Crippen molar-refractivity contribution in [1.29, 1.82) is 0 Å². The molecule has 0 bridgehead atoms. The van der Waals surface area contributed by atoms with Crippen LogP contribution in [0.1, 0.15) is 0 Å². The summed E-state index contributed by atoms with van der Waals surface area (Å²) in [4.78, 5) is 0.